The largest absolute Gasteiger partial charge is 0.391 e. The van der Waals surface area contributed by atoms with Crippen LogP contribution in [0, 0.1) is 0 Å². The van der Waals surface area contributed by atoms with Crippen LogP contribution in [0.15, 0.2) is 0 Å². The van der Waals surface area contributed by atoms with Gasteiger partial charge in [-0.05, 0) is 6.42 Å². The lowest BCUT2D eigenvalue weighted by atomic mass is 10.3. The number of amides is 1. The third kappa shape index (κ3) is 3.37. The maximum absolute atomic E-state index is 10.6. The van der Waals surface area contributed by atoms with Gasteiger partial charge in [-0.1, -0.05) is 13.8 Å². The Morgan fingerprint density at radius 2 is 2.09 bits per heavy atom. The summed E-state index contributed by atoms with van der Waals surface area (Å²) in [4.78, 5) is 12.3. The monoisotopic (exact) mass is 159 g/mol. The first-order valence-electron chi connectivity index (χ1n) is 4.13. The third-order valence-corrected chi connectivity index (χ3v) is 1.61. The molecule has 1 aliphatic heterocycles. The zero-order valence-corrected chi connectivity index (χ0v) is 7.50. The van der Waals surface area contributed by atoms with E-state index in [0.29, 0.717) is 6.54 Å². The van der Waals surface area contributed by atoms with Gasteiger partial charge in [0, 0.05) is 20.0 Å². The van der Waals surface area contributed by atoms with Gasteiger partial charge in [0.2, 0.25) is 5.91 Å². The van der Waals surface area contributed by atoms with Crippen LogP contribution in [-0.2, 0) is 4.79 Å². The highest BCUT2D eigenvalue weighted by Crippen LogP contribution is 2.07. The molecule has 1 unspecified atom stereocenters. The van der Waals surface area contributed by atoms with Gasteiger partial charge in [-0.2, -0.15) is 0 Å². The molecule has 0 radical (unpaired) electrons. The number of aliphatic hydroxyl groups is 1. The van der Waals surface area contributed by atoms with Gasteiger partial charge in [-0.25, -0.2) is 0 Å². The van der Waals surface area contributed by atoms with E-state index in [1.54, 1.807) is 4.90 Å². The van der Waals surface area contributed by atoms with Crippen molar-refractivity contribution in [1.29, 1.82) is 0 Å². The topological polar surface area (TPSA) is 40.5 Å². The van der Waals surface area contributed by atoms with E-state index in [9.17, 15) is 4.79 Å². The van der Waals surface area contributed by atoms with Crippen molar-refractivity contribution in [2.75, 3.05) is 13.1 Å². The van der Waals surface area contributed by atoms with Crippen molar-refractivity contribution >= 4 is 5.91 Å². The molecule has 0 aromatic carbocycles. The van der Waals surface area contributed by atoms with Gasteiger partial charge in [-0.3, -0.25) is 4.79 Å². The smallest absolute Gasteiger partial charge is 0.219 e. The van der Waals surface area contributed by atoms with Gasteiger partial charge in [0.25, 0.3) is 0 Å². The predicted octanol–water partition coefficient (Wildman–Crippen LogP) is 0.626. The molecule has 1 heterocycles. The van der Waals surface area contributed by atoms with E-state index in [1.807, 2.05) is 13.8 Å². The molecule has 0 aromatic rings. The van der Waals surface area contributed by atoms with Gasteiger partial charge in [-0.15, -0.1) is 0 Å². The van der Waals surface area contributed by atoms with Crippen LogP contribution in [0.25, 0.3) is 0 Å². The van der Waals surface area contributed by atoms with Crippen LogP contribution in [0.2, 0.25) is 0 Å². The molecule has 1 N–H and O–H groups in total. The van der Waals surface area contributed by atoms with Gasteiger partial charge in [0.05, 0.1) is 6.10 Å². The van der Waals surface area contributed by atoms with Gasteiger partial charge >= 0.3 is 0 Å². The van der Waals surface area contributed by atoms with Gasteiger partial charge in [0.1, 0.15) is 0 Å². The Kier molecular flexibility index (Phi) is 4.86. The quantitative estimate of drug-likeness (QED) is 0.563. The van der Waals surface area contributed by atoms with Crippen molar-refractivity contribution in [3.8, 4) is 0 Å². The molecule has 1 aliphatic rings. The highest BCUT2D eigenvalue weighted by atomic mass is 16.3. The van der Waals surface area contributed by atoms with Crippen molar-refractivity contribution in [3.05, 3.63) is 0 Å². The molecule has 11 heavy (non-hydrogen) atoms. The lowest BCUT2D eigenvalue weighted by Crippen LogP contribution is -2.26. The summed E-state index contributed by atoms with van der Waals surface area (Å²) in [5, 5.41) is 8.95. The normalized spacial score (nSPS) is 22.5. The molecule has 0 spiro atoms. The van der Waals surface area contributed by atoms with Crippen LogP contribution in [0.5, 0.6) is 0 Å². The standard InChI is InChI=1S/C6H11NO2.C2H6/c1-5(8)7-3-2-6(9)4-7;1-2/h6,9H,2-4H2,1H3;1-2H3. The Balaban J connectivity index is 0.000000461. The van der Waals surface area contributed by atoms with E-state index in [4.69, 9.17) is 5.11 Å². The van der Waals surface area contributed by atoms with Crippen LogP contribution in [0.4, 0.5) is 0 Å². The molecule has 1 fully saturated rings. The Morgan fingerprint density at radius 1 is 1.55 bits per heavy atom. The Morgan fingerprint density at radius 3 is 2.27 bits per heavy atom. The predicted molar refractivity (Wildman–Crippen MR) is 44.2 cm³/mol. The fourth-order valence-corrected chi connectivity index (χ4v) is 1.03. The summed E-state index contributed by atoms with van der Waals surface area (Å²) in [7, 11) is 0. The molecular weight excluding hydrogens is 142 g/mol. The minimum absolute atomic E-state index is 0.0616. The van der Waals surface area contributed by atoms with Crippen molar-refractivity contribution in [1.82, 2.24) is 4.90 Å². The van der Waals surface area contributed by atoms with E-state index in [2.05, 4.69) is 0 Å². The molecule has 0 bridgehead atoms. The number of hydrogen-bond acceptors (Lipinski definition) is 2. The van der Waals surface area contributed by atoms with E-state index in [1.165, 1.54) is 6.92 Å². The van der Waals surface area contributed by atoms with Gasteiger partial charge < -0.3 is 10.0 Å². The number of carbonyl (C=O) groups excluding carboxylic acids is 1. The number of hydrogen-bond donors (Lipinski definition) is 1. The number of β-amino-alcohol motifs (C(OH)–C–C–N with tert-alkyl or cyclic N) is 1. The maximum Gasteiger partial charge on any atom is 0.219 e. The minimum Gasteiger partial charge on any atom is -0.391 e. The van der Waals surface area contributed by atoms with Gasteiger partial charge in [0.15, 0.2) is 0 Å². The number of likely N-dealkylation sites (tertiary alicyclic amines) is 1. The molecule has 1 amide bonds. The van der Waals surface area contributed by atoms with Crippen LogP contribution in [0.1, 0.15) is 27.2 Å². The summed E-state index contributed by atoms with van der Waals surface area (Å²) >= 11 is 0. The second-order valence-electron chi connectivity index (χ2n) is 2.41. The van der Waals surface area contributed by atoms with E-state index in [0.717, 1.165) is 13.0 Å². The molecular formula is C8H17NO2. The zero-order chi connectivity index (χ0) is 8.85. The van der Waals surface area contributed by atoms with Crippen molar-refractivity contribution in [2.45, 2.75) is 33.3 Å². The molecule has 1 rings (SSSR count). The summed E-state index contributed by atoms with van der Waals surface area (Å²) in [5.74, 6) is 0.0616. The van der Waals surface area contributed by atoms with Crippen molar-refractivity contribution < 1.29 is 9.90 Å². The van der Waals surface area contributed by atoms with E-state index in [-0.39, 0.29) is 12.0 Å². The second-order valence-corrected chi connectivity index (χ2v) is 2.41. The number of aliphatic hydroxyl groups excluding tert-OH is 1. The average molecular weight is 159 g/mol. The summed E-state index contributed by atoms with van der Waals surface area (Å²) in [5.41, 5.74) is 0. The molecule has 3 heteroatoms. The summed E-state index contributed by atoms with van der Waals surface area (Å²) < 4.78 is 0. The zero-order valence-electron chi connectivity index (χ0n) is 7.50. The van der Waals surface area contributed by atoms with Crippen molar-refractivity contribution in [2.24, 2.45) is 0 Å². The minimum atomic E-state index is -0.283. The highest BCUT2D eigenvalue weighted by molar-refractivity contribution is 5.73. The van der Waals surface area contributed by atoms with Crippen LogP contribution in [0.3, 0.4) is 0 Å². The molecule has 1 saturated heterocycles. The van der Waals surface area contributed by atoms with E-state index < -0.39 is 0 Å². The molecule has 3 nitrogen and oxygen atoms in total. The number of carbonyl (C=O) groups is 1. The lowest BCUT2D eigenvalue weighted by molar-refractivity contribution is -0.128. The fourth-order valence-electron chi connectivity index (χ4n) is 1.03. The Hall–Kier alpha value is -0.570. The first kappa shape index (κ1) is 10.4. The summed E-state index contributed by atoms with van der Waals surface area (Å²) in [6.45, 7) is 6.77. The molecule has 0 aromatic heterocycles. The average Bonchev–Trinajstić information content (AvgIpc) is 2.40. The third-order valence-electron chi connectivity index (χ3n) is 1.61. The highest BCUT2D eigenvalue weighted by Gasteiger charge is 2.21. The molecule has 0 aliphatic carbocycles. The SMILES string of the molecule is CC.CC(=O)N1CCC(O)C1. The summed E-state index contributed by atoms with van der Waals surface area (Å²) in [6, 6.07) is 0. The summed E-state index contributed by atoms with van der Waals surface area (Å²) in [6.07, 6.45) is 0.452. The first-order valence-corrected chi connectivity index (χ1v) is 4.13. The number of rotatable bonds is 0. The fraction of sp³-hybridized carbons (Fsp3) is 0.875. The van der Waals surface area contributed by atoms with E-state index >= 15 is 0 Å². The van der Waals surface area contributed by atoms with Crippen LogP contribution < -0.4 is 0 Å². The molecule has 1 atom stereocenters. The Labute approximate surface area is 68.0 Å². The molecule has 66 valence electrons. The van der Waals surface area contributed by atoms with Crippen LogP contribution in [-0.4, -0.2) is 35.1 Å². The molecule has 0 saturated carbocycles. The lowest BCUT2D eigenvalue weighted by Gasteiger charge is -2.10. The Bertz CT molecular complexity index is 125. The second kappa shape index (κ2) is 5.13. The first-order chi connectivity index (χ1) is 5.20. The van der Waals surface area contributed by atoms with Crippen molar-refractivity contribution in [3.63, 3.8) is 0 Å². The number of nitrogens with zero attached hydrogens (tertiary/aromatic N) is 1. The van der Waals surface area contributed by atoms with Crippen LogP contribution >= 0.6 is 0 Å². The maximum atomic E-state index is 10.6.